The number of ether oxygens (including phenoxy) is 2. The van der Waals surface area contributed by atoms with Gasteiger partial charge in [-0.2, -0.15) is 0 Å². The van der Waals surface area contributed by atoms with Gasteiger partial charge in [-0.05, 0) is 0 Å². The summed E-state index contributed by atoms with van der Waals surface area (Å²) in [7, 11) is 0. The largest absolute Gasteiger partial charge is 0.388 e. The van der Waals surface area contributed by atoms with Crippen molar-refractivity contribution < 1.29 is 19.1 Å². The third-order valence-corrected chi connectivity index (χ3v) is 4.83. The first-order valence-electron chi connectivity index (χ1n) is 9.05. The summed E-state index contributed by atoms with van der Waals surface area (Å²) in [5, 5.41) is 10.5. The van der Waals surface area contributed by atoms with Crippen LogP contribution in [-0.4, -0.2) is 90.2 Å². The number of rotatable bonds is 5. The normalized spacial score (nSPS) is 20.6. The van der Waals surface area contributed by atoms with Gasteiger partial charge in [-0.15, -0.1) is 0 Å². The molecule has 26 heavy (non-hydrogen) atoms. The molecule has 2 fully saturated rings. The van der Waals surface area contributed by atoms with E-state index >= 15 is 0 Å². The fraction of sp³-hybridized carbons (Fsp3) is 0.688. The molecule has 2 saturated heterocycles. The molecule has 10 heteroatoms. The predicted octanol–water partition coefficient (Wildman–Crippen LogP) is -1.64. The van der Waals surface area contributed by atoms with Gasteiger partial charge in [0.1, 0.15) is 0 Å². The van der Waals surface area contributed by atoms with Crippen molar-refractivity contribution in [3.8, 4) is 0 Å². The minimum atomic E-state index is -0.518. The maximum Gasteiger partial charge on any atom is 0.296 e. The Morgan fingerprint density at radius 3 is 2.62 bits per heavy atom. The van der Waals surface area contributed by atoms with E-state index in [2.05, 4.69) is 19.8 Å². The summed E-state index contributed by atoms with van der Waals surface area (Å²) in [5.41, 5.74) is 7.43. The van der Waals surface area contributed by atoms with Crippen LogP contribution in [0.2, 0.25) is 0 Å². The quantitative estimate of drug-likeness (QED) is 0.541. The number of aromatic amines is 1. The Morgan fingerprint density at radius 2 is 1.88 bits per heavy atom. The predicted molar refractivity (Wildman–Crippen MR) is 94.8 cm³/mol. The lowest BCUT2D eigenvalue weighted by Gasteiger charge is -2.28. The van der Waals surface area contributed by atoms with Crippen LogP contribution in [0, 0.1) is 0 Å². The molecule has 0 aliphatic carbocycles. The molecule has 0 bridgehead atoms. The van der Waals surface area contributed by atoms with Crippen molar-refractivity contribution in [2.24, 2.45) is 0 Å². The number of β-amino-alcohol motifs (C(OH)–C–C–N with tert-alkyl or cyclic N) is 1. The topological polar surface area (TPSA) is 117 Å². The number of nitrogen functional groups attached to an aromatic ring is 1. The van der Waals surface area contributed by atoms with Gasteiger partial charge in [0.05, 0.1) is 39.1 Å². The van der Waals surface area contributed by atoms with Crippen LogP contribution in [0.1, 0.15) is 0 Å². The number of aliphatic hydroxyl groups excluding tert-OH is 1. The van der Waals surface area contributed by atoms with Crippen molar-refractivity contribution >= 4 is 22.9 Å². The number of anilines is 2. The van der Waals surface area contributed by atoms with Crippen LogP contribution < -0.4 is 15.2 Å². The number of hydrogen-bond donors (Lipinski definition) is 3. The van der Waals surface area contributed by atoms with Gasteiger partial charge in [0, 0.05) is 32.7 Å². The van der Waals surface area contributed by atoms with Gasteiger partial charge in [0.15, 0.2) is 5.52 Å². The van der Waals surface area contributed by atoms with Crippen LogP contribution in [0.25, 0.3) is 11.2 Å². The van der Waals surface area contributed by atoms with Gasteiger partial charge in [-0.1, -0.05) is 9.97 Å². The lowest BCUT2D eigenvalue weighted by Crippen LogP contribution is -2.47. The van der Waals surface area contributed by atoms with E-state index in [0.717, 1.165) is 45.3 Å². The van der Waals surface area contributed by atoms with Crippen LogP contribution in [0.15, 0.2) is 6.33 Å². The van der Waals surface area contributed by atoms with Crippen molar-refractivity contribution in [3.63, 3.8) is 0 Å². The summed E-state index contributed by atoms with van der Waals surface area (Å²) in [4.78, 5) is 16.6. The smallest absolute Gasteiger partial charge is 0.296 e. The SMILES string of the molecule is Nc1nc[n+](C[C@@H](O)CN2CCOCC2)c2nc(N3CCOCC3)[nH]c12. The fourth-order valence-electron chi connectivity index (χ4n) is 3.41. The molecule has 0 radical (unpaired) electrons. The number of fused-ring (bicyclic) bond motifs is 1. The van der Waals surface area contributed by atoms with Crippen molar-refractivity contribution in [1.29, 1.82) is 0 Å². The molecule has 0 saturated carbocycles. The number of nitrogens with one attached hydrogen (secondary N) is 1. The van der Waals surface area contributed by atoms with E-state index < -0.39 is 6.10 Å². The Bertz CT molecular complexity index is 741. The van der Waals surface area contributed by atoms with E-state index in [1.165, 1.54) is 0 Å². The Balaban J connectivity index is 1.52. The molecule has 0 amide bonds. The zero-order valence-electron chi connectivity index (χ0n) is 14.8. The summed E-state index contributed by atoms with van der Waals surface area (Å²) in [6.07, 6.45) is 1.12. The number of aromatic nitrogens is 4. The minimum absolute atomic E-state index is 0.408. The monoisotopic (exact) mass is 364 g/mol. The van der Waals surface area contributed by atoms with Gasteiger partial charge in [-0.25, -0.2) is 4.57 Å². The van der Waals surface area contributed by atoms with Gasteiger partial charge in [-0.3, -0.25) is 4.90 Å². The summed E-state index contributed by atoms with van der Waals surface area (Å²) in [5.74, 6) is 1.17. The van der Waals surface area contributed by atoms with Crippen molar-refractivity contribution in [3.05, 3.63) is 6.33 Å². The highest BCUT2D eigenvalue weighted by atomic mass is 16.5. The molecule has 1 atom stereocenters. The standard InChI is InChI=1S/C16H25N7O3/c17-14-13-15(20-16(19-13)22-3-7-26-8-4-22)23(11-18-14)10-12(24)9-21-1-5-25-6-2-21/h11-12,24H,1-10H2,(H2,17,19,20)/p+1/t12-/m0/s1. The highest BCUT2D eigenvalue weighted by Gasteiger charge is 2.25. The molecule has 4 N–H and O–H groups in total. The minimum Gasteiger partial charge on any atom is -0.388 e. The zero-order chi connectivity index (χ0) is 17.9. The molecule has 4 rings (SSSR count). The van der Waals surface area contributed by atoms with Crippen molar-refractivity contribution in [1.82, 2.24) is 19.9 Å². The second kappa shape index (κ2) is 7.70. The number of morpholine rings is 2. The molecule has 10 nitrogen and oxygen atoms in total. The van der Waals surface area contributed by atoms with Crippen molar-refractivity contribution in [2.45, 2.75) is 12.6 Å². The zero-order valence-corrected chi connectivity index (χ0v) is 14.8. The first kappa shape index (κ1) is 17.4. The highest BCUT2D eigenvalue weighted by Crippen LogP contribution is 2.19. The highest BCUT2D eigenvalue weighted by molar-refractivity contribution is 5.80. The molecule has 2 aromatic heterocycles. The third-order valence-electron chi connectivity index (χ3n) is 4.83. The van der Waals surface area contributed by atoms with Crippen LogP contribution in [0.3, 0.4) is 0 Å². The van der Waals surface area contributed by atoms with E-state index in [0.29, 0.717) is 43.3 Å². The lowest BCUT2D eigenvalue weighted by molar-refractivity contribution is -0.683. The van der Waals surface area contributed by atoms with Crippen molar-refractivity contribution in [2.75, 3.05) is 69.8 Å². The number of aliphatic hydroxyl groups is 1. The van der Waals surface area contributed by atoms with Crippen LogP contribution in [-0.2, 0) is 16.0 Å². The Morgan fingerprint density at radius 1 is 1.19 bits per heavy atom. The number of nitrogens with zero attached hydrogens (tertiary/aromatic N) is 5. The number of hydrogen-bond acceptors (Lipinski definition) is 8. The maximum absolute atomic E-state index is 10.5. The average molecular weight is 364 g/mol. The summed E-state index contributed by atoms with van der Waals surface area (Å²) >= 11 is 0. The third kappa shape index (κ3) is 3.73. The molecular formula is C16H26N7O3+. The lowest BCUT2D eigenvalue weighted by atomic mass is 10.3. The maximum atomic E-state index is 10.5. The average Bonchev–Trinajstić information content (AvgIpc) is 3.12. The number of imidazole rings is 1. The van der Waals surface area contributed by atoms with Crippen LogP contribution in [0.4, 0.5) is 11.8 Å². The van der Waals surface area contributed by atoms with E-state index in [-0.39, 0.29) is 0 Å². The number of H-pyrrole nitrogens is 1. The summed E-state index contributed by atoms with van der Waals surface area (Å²) < 4.78 is 12.6. The van der Waals surface area contributed by atoms with Gasteiger partial charge >= 0.3 is 0 Å². The molecule has 2 aliphatic rings. The summed E-state index contributed by atoms with van der Waals surface area (Å²) in [6.45, 7) is 7.08. The van der Waals surface area contributed by atoms with E-state index in [1.54, 1.807) is 6.33 Å². The van der Waals surface area contributed by atoms with Gasteiger partial charge in [0.2, 0.25) is 12.1 Å². The second-order valence-corrected chi connectivity index (χ2v) is 6.71. The molecule has 0 unspecified atom stereocenters. The molecule has 4 heterocycles. The molecule has 142 valence electrons. The van der Waals surface area contributed by atoms with Gasteiger partial charge in [0.25, 0.3) is 11.6 Å². The fourth-order valence-corrected chi connectivity index (χ4v) is 3.41. The molecule has 0 aromatic carbocycles. The Hall–Kier alpha value is -2.01. The van der Waals surface area contributed by atoms with E-state index in [9.17, 15) is 5.11 Å². The molecular weight excluding hydrogens is 338 g/mol. The first-order chi connectivity index (χ1) is 12.7. The van der Waals surface area contributed by atoms with E-state index in [4.69, 9.17) is 20.2 Å². The second-order valence-electron chi connectivity index (χ2n) is 6.71. The molecule has 0 spiro atoms. The van der Waals surface area contributed by atoms with Crippen LogP contribution in [0.5, 0.6) is 0 Å². The van der Waals surface area contributed by atoms with Gasteiger partial charge < -0.3 is 30.2 Å². The first-order valence-corrected chi connectivity index (χ1v) is 9.05. The Labute approximate surface area is 151 Å². The van der Waals surface area contributed by atoms with E-state index in [1.807, 2.05) is 4.57 Å². The molecule has 2 aromatic rings. The number of nitrogens with two attached hydrogens (primary N) is 1. The summed E-state index contributed by atoms with van der Waals surface area (Å²) in [6, 6.07) is 0. The van der Waals surface area contributed by atoms with Crippen LogP contribution >= 0.6 is 0 Å². The molecule has 2 aliphatic heterocycles. The Kier molecular flexibility index (Phi) is 5.16.